The molecule has 0 amide bonds. The summed E-state index contributed by atoms with van der Waals surface area (Å²) in [6.45, 7) is 0. The molecule has 0 bridgehead atoms. The molecule has 5 N–H and O–H groups in total. The lowest BCUT2D eigenvalue weighted by atomic mass is 13.5. The second-order valence-electron chi connectivity index (χ2n) is 0.801. The van der Waals surface area contributed by atoms with Crippen molar-refractivity contribution in [3.8, 4) is 0 Å². The lowest BCUT2D eigenvalue weighted by Gasteiger charge is -2.09. The van der Waals surface area contributed by atoms with Gasteiger partial charge >= 0.3 is 0 Å². The molecule has 0 aliphatic rings. The first-order valence-electron chi connectivity index (χ1n) is 1.13. The fourth-order valence-corrected chi connectivity index (χ4v) is 0. The van der Waals surface area contributed by atoms with Gasteiger partial charge in [-0.25, -0.2) is 0 Å². The van der Waals surface area contributed by atoms with Crippen LogP contribution in [0.4, 0.5) is 0 Å². The molecule has 0 fully saturated rings. The highest BCUT2D eigenvalue weighted by Gasteiger charge is 1.93. The maximum absolute atomic E-state index is 9.72. The summed E-state index contributed by atoms with van der Waals surface area (Å²) in [4.78, 5) is 0. The summed E-state index contributed by atoms with van der Waals surface area (Å²) in [5, 5.41) is 10.2. The van der Waals surface area contributed by atoms with Crippen LogP contribution in [0.5, 0.6) is 0 Å². The first kappa shape index (κ1) is 6.07. The Morgan fingerprint density at radius 3 is 1.83 bits per heavy atom. The molecule has 0 heterocycles. The molecular formula is H5N3O2P-. The molecule has 6 heteroatoms. The van der Waals surface area contributed by atoms with Crippen molar-refractivity contribution in [2.45, 2.75) is 0 Å². The predicted molar refractivity (Wildman–Crippen MR) is 22.5 cm³/mol. The number of nitrogens with two attached hydrogens (primary N) is 2. The summed E-state index contributed by atoms with van der Waals surface area (Å²) in [7, 11) is -3.45. The Labute approximate surface area is 34.8 Å². The Hall–Kier alpha value is 0.0700. The van der Waals surface area contributed by atoms with Gasteiger partial charge < -0.3 is 10.5 Å². The maximum atomic E-state index is 9.72. The Balaban J connectivity index is 3.48. The quantitative estimate of drug-likeness (QED) is 0.299. The molecule has 0 aromatic rings. The topological polar surface area (TPSA) is 104 Å². The summed E-state index contributed by atoms with van der Waals surface area (Å²) >= 11 is 0. The Kier molecular flexibility index (Phi) is 1.70. The van der Waals surface area contributed by atoms with Crippen molar-refractivity contribution in [3.05, 3.63) is 5.21 Å². The minimum absolute atomic E-state index is 0.965. The average molecular weight is 110 g/mol. The standard InChI is InChI=1S/H5N3O2P/c1-6(2,5)3-4/h(H5-,1,2,3,4,5)/q-1. The molecule has 0 rings (SSSR count). The summed E-state index contributed by atoms with van der Waals surface area (Å²) in [5.41, 5.74) is 8.89. The molecule has 0 aromatic heterocycles. The van der Waals surface area contributed by atoms with Crippen LogP contribution in [-0.4, -0.2) is 0 Å². The zero-order chi connectivity index (χ0) is 5.21. The number of hydrogen-bond acceptors (Lipinski definition) is 2. The third-order valence-corrected chi connectivity index (χ3v) is 0.428. The van der Waals surface area contributed by atoms with Crippen molar-refractivity contribution in [2.24, 2.45) is 11.0 Å². The Morgan fingerprint density at radius 1 is 1.67 bits per heavy atom. The normalized spacial score (nSPS) is 11.8. The van der Waals surface area contributed by atoms with Gasteiger partial charge in [0.15, 0.2) is 0 Å². The minimum Gasteiger partial charge on any atom is -0.781 e. The van der Waals surface area contributed by atoms with Crippen LogP contribution in [0.3, 0.4) is 0 Å². The SMILES string of the molecule is NP(N)(=O)N[O-]. The zero-order valence-corrected chi connectivity index (χ0v) is 3.81. The van der Waals surface area contributed by atoms with E-state index in [-0.39, 0.29) is 0 Å². The number of hydrogen-bond donors (Lipinski definition) is 3. The van der Waals surface area contributed by atoms with Gasteiger partial charge in [0.1, 0.15) is 0 Å². The van der Waals surface area contributed by atoms with E-state index in [9.17, 15) is 9.77 Å². The molecule has 0 aliphatic heterocycles. The number of rotatable bonds is 1. The van der Waals surface area contributed by atoms with E-state index in [1.165, 1.54) is 0 Å². The third-order valence-electron chi connectivity index (χ3n) is 0.143. The van der Waals surface area contributed by atoms with Gasteiger partial charge in [-0.1, -0.05) is 0 Å². The highest BCUT2D eigenvalue weighted by Crippen LogP contribution is 2.14. The Bertz CT molecular complexity index is 72.9. The number of nitrogens with one attached hydrogen (secondary N) is 1. The predicted octanol–water partition coefficient (Wildman–Crippen LogP) is -0.901. The lowest BCUT2D eigenvalue weighted by molar-refractivity contribution is 0.572. The molecule has 6 heavy (non-hydrogen) atoms. The van der Waals surface area contributed by atoms with Crippen molar-refractivity contribution < 1.29 is 4.57 Å². The van der Waals surface area contributed by atoms with Crippen LogP contribution in [0.25, 0.3) is 0 Å². The molecule has 0 aromatic carbocycles. The first-order chi connectivity index (χ1) is 2.56. The third kappa shape index (κ3) is 4.07. The van der Waals surface area contributed by atoms with Gasteiger partial charge in [0.05, 0.1) is 0 Å². The fraction of sp³-hybridized carbons (Fsp3) is 0. The van der Waals surface area contributed by atoms with Crippen molar-refractivity contribution in [2.75, 3.05) is 0 Å². The highest BCUT2D eigenvalue weighted by molar-refractivity contribution is 7.56. The van der Waals surface area contributed by atoms with Crippen molar-refractivity contribution in [1.29, 1.82) is 0 Å². The van der Waals surface area contributed by atoms with Gasteiger partial charge in [0, 0.05) is 0 Å². The van der Waals surface area contributed by atoms with Gasteiger partial charge in [-0.15, -0.1) is 0 Å². The van der Waals surface area contributed by atoms with E-state index in [4.69, 9.17) is 0 Å². The van der Waals surface area contributed by atoms with E-state index in [0.29, 0.717) is 0 Å². The zero-order valence-electron chi connectivity index (χ0n) is 2.92. The van der Waals surface area contributed by atoms with E-state index in [1.54, 1.807) is 0 Å². The first-order valence-corrected chi connectivity index (χ1v) is 2.97. The molecule has 5 nitrogen and oxygen atoms in total. The van der Waals surface area contributed by atoms with Crippen LogP contribution in [-0.2, 0) is 4.57 Å². The minimum atomic E-state index is -3.45. The summed E-state index contributed by atoms with van der Waals surface area (Å²) in [6, 6.07) is 0. The van der Waals surface area contributed by atoms with Gasteiger partial charge in [-0.05, 0) is 0 Å². The van der Waals surface area contributed by atoms with Gasteiger partial charge in [-0.3, -0.25) is 15.6 Å². The molecular weight excluding hydrogens is 105 g/mol. The summed E-state index contributed by atoms with van der Waals surface area (Å²) in [6.07, 6.45) is 0. The molecule has 0 saturated heterocycles. The molecule has 0 atom stereocenters. The molecule has 0 spiro atoms. The summed E-state index contributed by atoms with van der Waals surface area (Å²) in [5.74, 6) is 0. The second-order valence-corrected chi connectivity index (χ2v) is 2.40. The van der Waals surface area contributed by atoms with Crippen LogP contribution in [0, 0.1) is 5.21 Å². The lowest BCUT2D eigenvalue weighted by Crippen LogP contribution is -2.15. The largest absolute Gasteiger partial charge is 0.781 e. The van der Waals surface area contributed by atoms with Crippen molar-refractivity contribution >= 4 is 7.59 Å². The van der Waals surface area contributed by atoms with E-state index < -0.39 is 7.59 Å². The van der Waals surface area contributed by atoms with Crippen LogP contribution in [0.2, 0.25) is 0 Å². The summed E-state index contributed by atoms with van der Waals surface area (Å²) < 4.78 is 9.72. The van der Waals surface area contributed by atoms with Gasteiger partial charge in [0.25, 0.3) is 7.59 Å². The average Bonchev–Trinajstić information content (AvgIpc) is 1.35. The Morgan fingerprint density at radius 2 is 1.83 bits per heavy atom. The van der Waals surface area contributed by atoms with Crippen LogP contribution >= 0.6 is 7.59 Å². The van der Waals surface area contributed by atoms with E-state index in [2.05, 4.69) is 11.0 Å². The molecule has 38 valence electrons. The molecule has 0 unspecified atom stereocenters. The molecule has 0 saturated carbocycles. The van der Waals surface area contributed by atoms with Crippen LogP contribution in [0.1, 0.15) is 0 Å². The smallest absolute Gasteiger partial charge is 0.262 e. The maximum Gasteiger partial charge on any atom is 0.262 e. The van der Waals surface area contributed by atoms with Crippen molar-refractivity contribution in [1.82, 2.24) is 5.25 Å². The monoisotopic (exact) mass is 110 g/mol. The van der Waals surface area contributed by atoms with E-state index in [1.807, 2.05) is 0 Å². The van der Waals surface area contributed by atoms with E-state index >= 15 is 0 Å². The molecule has 0 aliphatic carbocycles. The van der Waals surface area contributed by atoms with E-state index in [0.717, 1.165) is 5.25 Å². The highest BCUT2D eigenvalue weighted by atomic mass is 31.2. The van der Waals surface area contributed by atoms with Crippen LogP contribution in [0.15, 0.2) is 0 Å². The van der Waals surface area contributed by atoms with Crippen molar-refractivity contribution in [3.63, 3.8) is 0 Å². The fourth-order valence-electron chi connectivity index (χ4n) is 0. The van der Waals surface area contributed by atoms with Crippen LogP contribution < -0.4 is 16.3 Å². The van der Waals surface area contributed by atoms with Gasteiger partial charge in [-0.2, -0.15) is 0 Å². The molecule has 0 radical (unpaired) electrons. The second kappa shape index (κ2) is 1.68. The van der Waals surface area contributed by atoms with Gasteiger partial charge in [0.2, 0.25) is 0 Å².